The van der Waals surface area contributed by atoms with Crippen molar-refractivity contribution in [2.75, 3.05) is 0 Å². The Labute approximate surface area is 143 Å². The van der Waals surface area contributed by atoms with Gasteiger partial charge in [-0.05, 0) is 18.4 Å². The van der Waals surface area contributed by atoms with Crippen molar-refractivity contribution in [3.8, 4) is 10.7 Å². The van der Waals surface area contributed by atoms with E-state index < -0.39 is 0 Å². The van der Waals surface area contributed by atoms with E-state index in [0.29, 0.717) is 17.5 Å². The minimum atomic E-state index is -0.133. The fourth-order valence-electron chi connectivity index (χ4n) is 2.01. The summed E-state index contributed by atoms with van der Waals surface area (Å²) in [5.41, 5.74) is -0.133. The normalized spacial score (nSPS) is 12.0. The Kier molecular flexibility index (Phi) is 4.54. The van der Waals surface area contributed by atoms with Gasteiger partial charge in [0, 0.05) is 12.0 Å². The van der Waals surface area contributed by atoms with Crippen molar-refractivity contribution in [3.05, 3.63) is 29.2 Å². The molecule has 0 aliphatic rings. The van der Waals surface area contributed by atoms with E-state index in [9.17, 15) is 0 Å². The van der Waals surface area contributed by atoms with Gasteiger partial charge in [-0.3, -0.25) is 0 Å². The van der Waals surface area contributed by atoms with Crippen LogP contribution in [0.1, 0.15) is 39.4 Å². The Balaban J connectivity index is 1.75. The first-order valence-corrected chi connectivity index (χ1v) is 9.28. The number of thiophene rings is 1. The van der Waals surface area contributed by atoms with Crippen LogP contribution in [0.25, 0.3) is 10.7 Å². The second-order valence-electron chi connectivity index (χ2n) is 6.08. The van der Waals surface area contributed by atoms with Crippen LogP contribution in [-0.2, 0) is 17.7 Å². The van der Waals surface area contributed by atoms with Crippen molar-refractivity contribution >= 4 is 23.1 Å². The third-order valence-corrected chi connectivity index (χ3v) is 5.04. The van der Waals surface area contributed by atoms with Gasteiger partial charge in [-0.15, -0.1) is 21.5 Å². The second-order valence-corrected chi connectivity index (χ2v) is 7.97. The van der Waals surface area contributed by atoms with Gasteiger partial charge < -0.3 is 9.09 Å². The Bertz CT molecular complexity index is 770. The number of nitrogens with zero attached hydrogens (tertiary/aromatic N) is 5. The van der Waals surface area contributed by atoms with Gasteiger partial charge in [-0.2, -0.15) is 4.98 Å². The highest BCUT2D eigenvalue weighted by Crippen LogP contribution is 2.28. The summed E-state index contributed by atoms with van der Waals surface area (Å²) in [6, 6.07) is 4.08. The van der Waals surface area contributed by atoms with Crippen LogP contribution < -0.4 is 0 Å². The third kappa shape index (κ3) is 3.48. The molecule has 0 amide bonds. The molecule has 0 aliphatic heterocycles. The first-order chi connectivity index (χ1) is 11.0. The quantitative estimate of drug-likeness (QED) is 0.649. The van der Waals surface area contributed by atoms with Gasteiger partial charge in [0.2, 0.25) is 5.89 Å². The highest BCUT2D eigenvalue weighted by atomic mass is 32.2. The van der Waals surface area contributed by atoms with Crippen LogP contribution in [0.4, 0.5) is 0 Å². The molecule has 0 aliphatic carbocycles. The maximum atomic E-state index is 5.32. The van der Waals surface area contributed by atoms with Gasteiger partial charge in [-0.25, -0.2) is 0 Å². The van der Waals surface area contributed by atoms with Crippen LogP contribution >= 0.6 is 23.1 Å². The SMILES string of the molecule is CCn1c(SCc2noc(C(C)(C)C)n2)nnc1-c1cccs1. The van der Waals surface area contributed by atoms with Crippen molar-refractivity contribution in [2.45, 2.75) is 50.6 Å². The monoisotopic (exact) mass is 349 g/mol. The molecule has 0 saturated heterocycles. The van der Waals surface area contributed by atoms with Crippen LogP contribution in [-0.4, -0.2) is 24.9 Å². The maximum Gasteiger partial charge on any atom is 0.232 e. The zero-order chi connectivity index (χ0) is 16.4. The summed E-state index contributed by atoms with van der Waals surface area (Å²) >= 11 is 3.24. The Morgan fingerprint density at radius 1 is 1.30 bits per heavy atom. The standard InChI is InChI=1S/C15H19N5OS2/c1-5-20-12(10-7-6-8-22-10)17-18-14(20)23-9-11-16-13(21-19-11)15(2,3)4/h6-8H,5,9H2,1-4H3. The van der Waals surface area contributed by atoms with Crippen molar-refractivity contribution in [3.63, 3.8) is 0 Å². The molecule has 0 N–H and O–H groups in total. The molecule has 3 rings (SSSR count). The van der Waals surface area contributed by atoms with Crippen LogP contribution in [0, 0.1) is 0 Å². The van der Waals surface area contributed by atoms with Crippen molar-refractivity contribution in [1.82, 2.24) is 24.9 Å². The molecule has 3 aromatic rings. The van der Waals surface area contributed by atoms with E-state index in [1.165, 1.54) is 0 Å². The number of thioether (sulfide) groups is 1. The average Bonchev–Trinajstić information content (AvgIpc) is 3.23. The predicted molar refractivity (Wildman–Crippen MR) is 91.6 cm³/mol. The Morgan fingerprint density at radius 2 is 2.13 bits per heavy atom. The molecule has 6 nitrogen and oxygen atoms in total. The van der Waals surface area contributed by atoms with Gasteiger partial charge in [0.05, 0.1) is 10.6 Å². The maximum absolute atomic E-state index is 5.32. The molecule has 0 aromatic carbocycles. The van der Waals surface area contributed by atoms with Crippen LogP contribution in [0.15, 0.2) is 27.2 Å². The van der Waals surface area contributed by atoms with Crippen LogP contribution in [0.2, 0.25) is 0 Å². The molecule has 3 aromatic heterocycles. The molecule has 0 fully saturated rings. The average molecular weight is 349 g/mol. The van der Waals surface area contributed by atoms with Crippen LogP contribution in [0.3, 0.4) is 0 Å². The minimum Gasteiger partial charge on any atom is -0.339 e. The third-order valence-electron chi connectivity index (χ3n) is 3.21. The van der Waals surface area contributed by atoms with Gasteiger partial charge in [0.15, 0.2) is 16.8 Å². The molecule has 0 bridgehead atoms. The smallest absolute Gasteiger partial charge is 0.232 e. The molecule has 0 radical (unpaired) electrons. The zero-order valence-corrected chi connectivity index (χ0v) is 15.2. The van der Waals surface area contributed by atoms with E-state index in [2.05, 4.69) is 58.7 Å². The number of hydrogen-bond donors (Lipinski definition) is 0. The minimum absolute atomic E-state index is 0.133. The molecule has 0 atom stereocenters. The molecule has 23 heavy (non-hydrogen) atoms. The lowest BCUT2D eigenvalue weighted by atomic mass is 9.97. The summed E-state index contributed by atoms with van der Waals surface area (Å²) < 4.78 is 7.43. The van der Waals surface area contributed by atoms with Gasteiger partial charge >= 0.3 is 0 Å². The van der Waals surface area contributed by atoms with Gasteiger partial charge in [0.1, 0.15) is 0 Å². The molecule has 0 saturated carbocycles. The lowest BCUT2D eigenvalue weighted by Crippen LogP contribution is -2.11. The largest absolute Gasteiger partial charge is 0.339 e. The summed E-state index contributed by atoms with van der Waals surface area (Å²) in [5.74, 6) is 2.86. The first-order valence-electron chi connectivity index (χ1n) is 7.42. The summed E-state index contributed by atoms with van der Waals surface area (Å²) in [5, 5.41) is 15.6. The molecular formula is C15H19N5OS2. The van der Waals surface area contributed by atoms with E-state index in [1.54, 1.807) is 23.1 Å². The lowest BCUT2D eigenvalue weighted by Gasteiger charge is -2.10. The summed E-state index contributed by atoms with van der Waals surface area (Å²) in [6.45, 7) is 9.08. The molecular weight excluding hydrogens is 330 g/mol. The highest BCUT2D eigenvalue weighted by molar-refractivity contribution is 7.98. The van der Waals surface area contributed by atoms with E-state index in [1.807, 2.05) is 11.4 Å². The second kappa shape index (κ2) is 6.45. The van der Waals surface area contributed by atoms with Crippen molar-refractivity contribution in [2.24, 2.45) is 0 Å². The number of aromatic nitrogens is 5. The van der Waals surface area contributed by atoms with E-state index in [4.69, 9.17) is 4.52 Å². The molecule has 0 spiro atoms. The summed E-state index contributed by atoms with van der Waals surface area (Å²) in [7, 11) is 0. The number of hydrogen-bond acceptors (Lipinski definition) is 7. The Hall–Kier alpha value is -1.67. The number of rotatable bonds is 5. The predicted octanol–water partition coefficient (Wildman–Crippen LogP) is 4.00. The fraction of sp³-hybridized carbons (Fsp3) is 0.467. The first kappa shape index (κ1) is 16.2. The van der Waals surface area contributed by atoms with E-state index in [-0.39, 0.29) is 5.41 Å². The summed E-state index contributed by atoms with van der Waals surface area (Å²) in [4.78, 5) is 5.58. The fourth-order valence-corrected chi connectivity index (χ4v) is 3.58. The van der Waals surface area contributed by atoms with Gasteiger partial charge in [-0.1, -0.05) is 43.8 Å². The topological polar surface area (TPSA) is 69.6 Å². The van der Waals surface area contributed by atoms with Crippen LogP contribution in [0.5, 0.6) is 0 Å². The molecule has 0 unspecified atom stereocenters. The zero-order valence-electron chi connectivity index (χ0n) is 13.6. The molecule has 8 heteroatoms. The van der Waals surface area contributed by atoms with Gasteiger partial charge in [0.25, 0.3) is 0 Å². The summed E-state index contributed by atoms with van der Waals surface area (Å²) in [6.07, 6.45) is 0. The highest BCUT2D eigenvalue weighted by Gasteiger charge is 2.22. The van der Waals surface area contributed by atoms with Crippen molar-refractivity contribution in [1.29, 1.82) is 0 Å². The lowest BCUT2D eigenvalue weighted by molar-refractivity contribution is 0.319. The molecule has 122 valence electrons. The molecule has 3 heterocycles. The van der Waals surface area contributed by atoms with E-state index >= 15 is 0 Å². The Morgan fingerprint density at radius 3 is 2.74 bits per heavy atom. The van der Waals surface area contributed by atoms with E-state index in [0.717, 1.165) is 22.4 Å². The van der Waals surface area contributed by atoms with Crippen molar-refractivity contribution < 1.29 is 4.52 Å².